The van der Waals surface area contributed by atoms with Gasteiger partial charge in [0.05, 0.1) is 13.2 Å². The van der Waals surface area contributed by atoms with E-state index in [9.17, 15) is 18.0 Å². The maximum Gasteiger partial charge on any atom is 0.408 e. The largest absolute Gasteiger partial charge is 0.497 e. The summed E-state index contributed by atoms with van der Waals surface area (Å²) < 4.78 is 44.6. The molecule has 2 aliphatic heterocycles. The number of ether oxygens (including phenoxy) is 1. The predicted molar refractivity (Wildman–Crippen MR) is 74.8 cm³/mol. The summed E-state index contributed by atoms with van der Waals surface area (Å²) in [5.74, 6) is 0.490. The Morgan fingerprint density at radius 2 is 2.14 bits per heavy atom. The number of nitrogens with one attached hydrogen (secondary N) is 1. The van der Waals surface area contributed by atoms with Crippen LogP contribution in [0.3, 0.4) is 0 Å². The van der Waals surface area contributed by atoms with Gasteiger partial charge in [-0.3, -0.25) is 4.79 Å². The molecule has 22 heavy (non-hydrogen) atoms. The van der Waals surface area contributed by atoms with Crippen LogP contribution in [0.5, 0.6) is 5.75 Å². The molecule has 0 saturated carbocycles. The van der Waals surface area contributed by atoms with E-state index in [0.29, 0.717) is 36.4 Å². The summed E-state index contributed by atoms with van der Waals surface area (Å²) in [7, 11) is 1.51. The molecule has 1 aromatic carbocycles. The van der Waals surface area contributed by atoms with E-state index >= 15 is 0 Å². The maximum atomic E-state index is 13.1. The van der Waals surface area contributed by atoms with Gasteiger partial charge in [0, 0.05) is 30.6 Å². The number of fused-ring (bicyclic) bond motifs is 1. The fraction of sp³-hybridized carbons (Fsp3) is 0.533. The van der Waals surface area contributed by atoms with Crippen LogP contribution in [0.15, 0.2) is 18.2 Å². The highest BCUT2D eigenvalue weighted by molar-refractivity contribution is 5.79. The Bertz CT molecular complexity index is 589. The maximum absolute atomic E-state index is 13.1. The molecule has 1 fully saturated rings. The lowest BCUT2D eigenvalue weighted by atomic mass is 9.91. The number of hydrogen-bond acceptors (Lipinski definition) is 3. The Balaban J connectivity index is 2.01. The Labute approximate surface area is 126 Å². The van der Waals surface area contributed by atoms with Gasteiger partial charge < -0.3 is 15.0 Å². The van der Waals surface area contributed by atoms with Gasteiger partial charge in [0.25, 0.3) is 0 Å². The highest BCUT2D eigenvalue weighted by Crippen LogP contribution is 2.43. The molecule has 2 atom stereocenters. The van der Waals surface area contributed by atoms with Crippen molar-refractivity contribution < 1.29 is 22.7 Å². The van der Waals surface area contributed by atoms with Gasteiger partial charge in [-0.2, -0.15) is 13.2 Å². The van der Waals surface area contributed by atoms with Gasteiger partial charge in [0.1, 0.15) is 11.8 Å². The summed E-state index contributed by atoms with van der Waals surface area (Å²) in [6.45, 7) is 0.505. The lowest BCUT2D eigenvalue weighted by molar-refractivity contribution is -0.150. The van der Waals surface area contributed by atoms with Crippen molar-refractivity contribution in [2.75, 3.05) is 19.0 Å². The normalized spacial score (nSPS) is 24.9. The Morgan fingerprint density at radius 3 is 2.73 bits per heavy atom. The van der Waals surface area contributed by atoms with Crippen LogP contribution in [0, 0.1) is 0 Å². The first kappa shape index (κ1) is 15.0. The minimum Gasteiger partial charge on any atom is -0.497 e. The van der Waals surface area contributed by atoms with E-state index in [-0.39, 0.29) is 12.3 Å². The first-order valence-corrected chi connectivity index (χ1v) is 7.21. The minimum absolute atomic E-state index is 0.0819. The number of carbonyl (C=O) groups excluding carboxylic acids is 1. The second kappa shape index (κ2) is 5.37. The van der Waals surface area contributed by atoms with Crippen LogP contribution in [0.2, 0.25) is 0 Å². The lowest BCUT2D eigenvalue weighted by Crippen LogP contribution is -2.44. The van der Waals surface area contributed by atoms with Crippen LogP contribution >= 0.6 is 0 Å². The van der Waals surface area contributed by atoms with E-state index in [1.807, 2.05) is 0 Å². The van der Waals surface area contributed by atoms with E-state index in [0.717, 1.165) is 0 Å². The molecule has 1 N–H and O–H groups in total. The number of nitrogens with zero attached hydrogens (tertiary/aromatic N) is 1. The van der Waals surface area contributed by atoms with Crippen molar-refractivity contribution in [1.29, 1.82) is 0 Å². The SMILES string of the molecule is COc1ccc2c(c1)[C@H](N1CCCC1=O)C[C@H](C(F)(F)F)N2. The number of halogens is 3. The van der Waals surface area contributed by atoms with Crippen LogP contribution in [-0.2, 0) is 4.79 Å². The molecule has 0 radical (unpaired) electrons. The van der Waals surface area contributed by atoms with Crippen molar-refractivity contribution in [2.24, 2.45) is 0 Å². The van der Waals surface area contributed by atoms with E-state index in [1.165, 1.54) is 7.11 Å². The zero-order valence-corrected chi connectivity index (χ0v) is 12.1. The summed E-state index contributed by atoms with van der Waals surface area (Å²) >= 11 is 0. The van der Waals surface area contributed by atoms with Crippen molar-refractivity contribution in [3.05, 3.63) is 23.8 Å². The summed E-state index contributed by atoms with van der Waals surface area (Å²) in [5.41, 5.74) is 1.11. The summed E-state index contributed by atoms with van der Waals surface area (Å²) in [6, 6.07) is 2.71. The molecule has 0 spiro atoms. The topological polar surface area (TPSA) is 41.6 Å². The molecule has 0 bridgehead atoms. The molecule has 7 heteroatoms. The van der Waals surface area contributed by atoms with Crippen molar-refractivity contribution in [1.82, 2.24) is 4.90 Å². The molecule has 2 aliphatic rings. The number of carbonyl (C=O) groups is 1. The van der Waals surface area contributed by atoms with Gasteiger partial charge in [-0.15, -0.1) is 0 Å². The molecule has 120 valence electrons. The van der Waals surface area contributed by atoms with Gasteiger partial charge in [0.2, 0.25) is 5.91 Å². The van der Waals surface area contributed by atoms with Crippen molar-refractivity contribution in [3.63, 3.8) is 0 Å². The molecule has 1 amide bonds. The minimum atomic E-state index is -4.35. The van der Waals surface area contributed by atoms with Gasteiger partial charge in [0.15, 0.2) is 0 Å². The second-order valence-corrected chi connectivity index (χ2v) is 5.63. The molecule has 0 aliphatic carbocycles. The number of amides is 1. The van der Waals surface area contributed by atoms with Crippen LogP contribution in [0.4, 0.5) is 18.9 Å². The molecular formula is C15H17F3N2O2. The third-order valence-corrected chi connectivity index (χ3v) is 4.29. The van der Waals surface area contributed by atoms with Gasteiger partial charge >= 0.3 is 6.18 Å². The Kier molecular flexibility index (Phi) is 3.66. The smallest absolute Gasteiger partial charge is 0.408 e. The first-order chi connectivity index (χ1) is 10.4. The third-order valence-electron chi connectivity index (χ3n) is 4.29. The van der Waals surface area contributed by atoms with E-state index in [2.05, 4.69) is 5.32 Å². The highest BCUT2D eigenvalue weighted by atomic mass is 19.4. The highest BCUT2D eigenvalue weighted by Gasteiger charge is 2.46. The summed E-state index contributed by atoms with van der Waals surface area (Å²) in [4.78, 5) is 13.6. The molecule has 0 unspecified atom stereocenters. The Morgan fingerprint density at radius 1 is 1.36 bits per heavy atom. The van der Waals surface area contributed by atoms with Crippen LogP contribution in [0.25, 0.3) is 0 Å². The van der Waals surface area contributed by atoms with Gasteiger partial charge in [-0.25, -0.2) is 0 Å². The number of hydrogen-bond donors (Lipinski definition) is 1. The molecule has 1 aromatic rings. The number of benzene rings is 1. The van der Waals surface area contributed by atoms with Crippen molar-refractivity contribution in [2.45, 2.75) is 37.5 Å². The number of methoxy groups -OCH3 is 1. The standard InChI is InChI=1S/C15H17F3N2O2/c1-22-9-4-5-11-10(7-9)12(20-6-2-3-14(20)21)8-13(19-11)15(16,17)18/h4-5,7,12-13,19H,2-3,6,8H2,1H3/t12-,13-/m1/s1. The number of rotatable bonds is 2. The zero-order valence-electron chi connectivity index (χ0n) is 12.1. The van der Waals surface area contributed by atoms with Crippen LogP contribution in [-0.4, -0.2) is 36.7 Å². The molecule has 1 saturated heterocycles. The fourth-order valence-electron chi connectivity index (χ4n) is 3.18. The van der Waals surface area contributed by atoms with Gasteiger partial charge in [-0.1, -0.05) is 0 Å². The number of anilines is 1. The number of alkyl halides is 3. The van der Waals surface area contributed by atoms with Crippen molar-refractivity contribution >= 4 is 11.6 Å². The van der Waals surface area contributed by atoms with Crippen molar-refractivity contribution in [3.8, 4) is 5.75 Å². The lowest BCUT2D eigenvalue weighted by Gasteiger charge is -2.38. The van der Waals surface area contributed by atoms with Crippen LogP contribution in [0.1, 0.15) is 30.9 Å². The zero-order chi connectivity index (χ0) is 15.9. The number of likely N-dealkylation sites (tertiary alicyclic amines) is 1. The predicted octanol–water partition coefficient (Wildman–Crippen LogP) is 3.11. The molecule has 0 aromatic heterocycles. The molecular weight excluding hydrogens is 297 g/mol. The summed E-state index contributed by atoms with van der Waals surface area (Å²) in [6.07, 6.45) is -3.42. The average molecular weight is 314 g/mol. The first-order valence-electron chi connectivity index (χ1n) is 7.21. The summed E-state index contributed by atoms with van der Waals surface area (Å²) in [5, 5.41) is 2.54. The second-order valence-electron chi connectivity index (χ2n) is 5.63. The molecule has 4 nitrogen and oxygen atoms in total. The van der Waals surface area contributed by atoms with E-state index in [1.54, 1.807) is 23.1 Å². The van der Waals surface area contributed by atoms with E-state index < -0.39 is 18.3 Å². The third kappa shape index (κ3) is 2.60. The quantitative estimate of drug-likeness (QED) is 0.912. The Hall–Kier alpha value is -1.92. The monoisotopic (exact) mass is 314 g/mol. The molecule has 3 rings (SSSR count). The fourth-order valence-corrected chi connectivity index (χ4v) is 3.18. The van der Waals surface area contributed by atoms with Gasteiger partial charge in [-0.05, 0) is 24.6 Å². The van der Waals surface area contributed by atoms with Crippen LogP contribution < -0.4 is 10.1 Å². The average Bonchev–Trinajstić information content (AvgIpc) is 2.90. The molecule has 2 heterocycles. The van der Waals surface area contributed by atoms with E-state index in [4.69, 9.17) is 4.74 Å².